The first-order valence-corrected chi connectivity index (χ1v) is 5.50. The molecule has 0 aliphatic carbocycles. The van der Waals surface area contributed by atoms with Crippen LogP contribution in [0.3, 0.4) is 0 Å². The standard InChI is InChI=1S/C11H23N/c1-4-7-12-8-6-10(3)11(5-2)9-12/h10-11H,4-9H2,1-3H3/t10-,11+/m0/s1. The summed E-state index contributed by atoms with van der Waals surface area (Å²) in [5, 5.41) is 0. The lowest BCUT2D eigenvalue weighted by molar-refractivity contribution is 0.125. The Morgan fingerprint density at radius 2 is 2.08 bits per heavy atom. The van der Waals surface area contributed by atoms with Crippen LogP contribution < -0.4 is 0 Å². The fourth-order valence-electron chi connectivity index (χ4n) is 2.28. The molecule has 1 heterocycles. The number of likely N-dealkylation sites (tertiary alicyclic amines) is 1. The van der Waals surface area contributed by atoms with Gasteiger partial charge in [0.15, 0.2) is 0 Å². The molecule has 1 fully saturated rings. The summed E-state index contributed by atoms with van der Waals surface area (Å²) in [4.78, 5) is 2.63. The second-order valence-electron chi connectivity index (χ2n) is 4.23. The number of nitrogens with zero attached hydrogens (tertiary/aromatic N) is 1. The van der Waals surface area contributed by atoms with Gasteiger partial charge in [-0.1, -0.05) is 27.2 Å². The Balaban J connectivity index is 2.33. The molecular formula is C11H23N. The van der Waals surface area contributed by atoms with Crippen LogP contribution in [-0.2, 0) is 0 Å². The molecule has 0 amide bonds. The highest BCUT2D eigenvalue weighted by atomic mass is 15.1. The van der Waals surface area contributed by atoms with Crippen molar-refractivity contribution in [2.75, 3.05) is 19.6 Å². The molecule has 1 saturated heterocycles. The Morgan fingerprint density at radius 1 is 1.33 bits per heavy atom. The van der Waals surface area contributed by atoms with Crippen molar-refractivity contribution in [1.29, 1.82) is 0 Å². The van der Waals surface area contributed by atoms with Gasteiger partial charge in [-0.05, 0) is 37.8 Å². The summed E-state index contributed by atoms with van der Waals surface area (Å²) in [6.07, 6.45) is 4.09. The van der Waals surface area contributed by atoms with Crippen LogP contribution in [0, 0.1) is 11.8 Å². The minimum atomic E-state index is 0.961. The van der Waals surface area contributed by atoms with E-state index in [2.05, 4.69) is 25.7 Å². The lowest BCUT2D eigenvalue weighted by Gasteiger charge is -2.36. The van der Waals surface area contributed by atoms with Gasteiger partial charge in [-0.2, -0.15) is 0 Å². The average molecular weight is 169 g/mol. The lowest BCUT2D eigenvalue weighted by atomic mass is 9.85. The summed E-state index contributed by atoms with van der Waals surface area (Å²) >= 11 is 0. The van der Waals surface area contributed by atoms with Crippen LogP contribution in [-0.4, -0.2) is 24.5 Å². The predicted molar refractivity (Wildman–Crippen MR) is 54.3 cm³/mol. The van der Waals surface area contributed by atoms with Gasteiger partial charge in [-0.15, -0.1) is 0 Å². The van der Waals surface area contributed by atoms with E-state index in [-0.39, 0.29) is 0 Å². The average Bonchev–Trinajstić information content (AvgIpc) is 2.09. The van der Waals surface area contributed by atoms with Gasteiger partial charge in [0.05, 0.1) is 0 Å². The van der Waals surface area contributed by atoms with E-state index in [0.717, 1.165) is 11.8 Å². The van der Waals surface area contributed by atoms with E-state index >= 15 is 0 Å². The van der Waals surface area contributed by atoms with Crippen molar-refractivity contribution in [3.05, 3.63) is 0 Å². The van der Waals surface area contributed by atoms with Gasteiger partial charge in [-0.25, -0.2) is 0 Å². The van der Waals surface area contributed by atoms with Crippen molar-refractivity contribution in [1.82, 2.24) is 4.90 Å². The molecule has 1 aliphatic heterocycles. The first-order valence-electron chi connectivity index (χ1n) is 5.50. The van der Waals surface area contributed by atoms with E-state index in [0.29, 0.717) is 0 Å². The number of hydrogen-bond acceptors (Lipinski definition) is 1. The predicted octanol–water partition coefficient (Wildman–Crippen LogP) is 2.76. The highest BCUT2D eigenvalue weighted by Gasteiger charge is 2.23. The monoisotopic (exact) mass is 169 g/mol. The molecular weight excluding hydrogens is 146 g/mol. The maximum absolute atomic E-state index is 2.63. The molecule has 0 saturated carbocycles. The van der Waals surface area contributed by atoms with Crippen molar-refractivity contribution in [3.63, 3.8) is 0 Å². The zero-order chi connectivity index (χ0) is 8.97. The molecule has 0 aromatic heterocycles. The Morgan fingerprint density at radius 3 is 2.67 bits per heavy atom. The zero-order valence-electron chi connectivity index (χ0n) is 8.84. The largest absolute Gasteiger partial charge is 0.303 e. The van der Waals surface area contributed by atoms with E-state index in [9.17, 15) is 0 Å². The molecule has 72 valence electrons. The van der Waals surface area contributed by atoms with Gasteiger partial charge in [0.25, 0.3) is 0 Å². The molecule has 12 heavy (non-hydrogen) atoms. The molecule has 0 aromatic carbocycles. The molecule has 0 bridgehead atoms. The Kier molecular flexibility index (Phi) is 4.07. The van der Waals surface area contributed by atoms with Crippen LogP contribution in [0.25, 0.3) is 0 Å². The molecule has 1 heteroatoms. The summed E-state index contributed by atoms with van der Waals surface area (Å²) in [5.41, 5.74) is 0. The first kappa shape index (κ1) is 10.0. The van der Waals surface area contributed by atoms with Crippen LogP contribution in [0.2, 0.25) is 0 Å². The minimum absolute atomic E-state index is 0.961. The Hall–Kier alpha value is -0.0400. The van der Waals surface area contributed by atoms with E-state index < -0.39 is 0 Å². The van der Waals surface area contributed by atoms with Crippen LogP contribution >= 0.6 is 0 Å². The highest BCUT2D eigenvalue weighted by Crippen LogP contribution is 2.25. The zero-order valence-corrected chi connectivity index (χ0v) is 8.84. The van der Waals surface area contributed by atoms with Crippen LogP contribution in [0.4, 0.5) is 0 Å². The molecule has 1 nitrogen and oxygen atoms in total. The third-order valence-corrected chi connectivity index (χ3v) is 3.26. The fraction of sp³-hybridized carbons (Fsp3) is 1.00. The van der Waals surface area contributed by atoms with Crippen molar-refractivity contribution in [2.45, 2.75) is 40.0 Å². The van der Waals surface area contributed by atoms with Gasteiger partial charge < -0.3 is 4.90 Å². The van der Waals surface area contributed by atoms with Gasteiger partial charge in [-0.3, -0.25) is 0 Å². The fourth-order valence-corrected chi connectivity index (χ4v) is 2.28. The van der Waals surface area contributed by atoms with Gasteiger partial charge in [0, 0.05) is 6.54 Å². The van der Waals surface area contributed by atoms with Crippen molar-refractivity contribution in [2.24, 2.45) is 11.8 Å². The van der Waals surface area contributed by atoms with Gasteiger partial charge in [0.2, 0.25) is 0 Å². The summed E-state index contributed by atoms with van der Waals surface area (Å²) in [7, 11) is 0. The van der Waals surface area contributed by atoms with E-state index in [4.69, 9.17) is 0 Å². The highest BCUT2D eigenvalue weighted by molar-refractivity contribution is 4.76. The van der Waals surface area contributed by atoms with Gasteiger partial charge in [0.1, 0.15) is 0 Å². The maximum atomic E-state index is 2.63. The van der Waals surface area contributed by atoms with Crippen molar-refractivity contribution in [3.8, 4) is 0 Å². The second kappa shape index (κ2) is 4.86. The topological polar surface area (TPSA) is 3.24 Å². The lowest BCUT2D eigenvalue weighted by Crippen LogP contribution is -2.39. The number of rotatable bonds is 3. The molecule has 1 rings (SSSR count). The minimum Gasteiger partial charge on any atom is -0.303 e. The van der Waals surface area contributed by atoms with Crippen molar-refractivity contribution < 1.29 is 0 Å². The summed E-state index contributed by atoms with van der Waals surface area (Å²) in [5.74, 6) is 1.92. The smallest absolute Gasteiger partial charge is 0.00121 e. The van der Waals surface area contributed by atoms with E-state index in [1.54, 1.807) is 0 Å². The molecule has 0 aromatic rings. The SMILES string of the molecule is CCCN1CC[C@H](C)[C@H](CC)C1. The molecule has 0 N–H and O–H groups in total. The summed E-state index contributed by atoms with van der Waals surface area (Å²) < 4.78 is 0. The first-order chi connectivity index (χ1) is 5.77. The van der Waals surface area contributed by atoms with Crippen LogP contribution in [0.15, 0.2) is 0 Å². The Labute approximate surface area is 77.1 Å². The molecule has 1 aliphatic rings. The Bertz CT molecular complexity index is 122. The third kappa shape index (κ3) is 2.48. The maximum Gasteiger partial charge on any atom is 0.00121 e. The molecule has 0 unspecified atom stereocenters. The third-order valence-electron chi connectivity index (χ3n) is 3.26. The molecule has 0 radical (unpaired) electrons. The van der Waals surface area contributed by atoms with Crippen LogP contribution in [0.1, 0.15) is 40.0 Å². The molecule has 0 spiro atoms. The van der Waals surface area contributed by atoms with E-state index in [1.165, 1.54) is 38.9 Å². The normalized spacial score (nSPS) is 32.2. The quantitative estimate of drug-likeness (QED) is 0.628. The number of piperidine rings is 1. The number of hydrogen-bond donors (Lipinski definition) is 0. The summed E-state index contributed by atoms with van der Waals surface area (Å²) in [6.45, 7) is 11.0. The van der Waals surface area contributed by atoms with Gasteiger partial charge >= 0.3 is 0 Å². The van der Waals surface area contributed by atoms with Crippen LogP contribution in [0.5, 0.6) is 0 Å². The molecule has 2 atom stereocenters. The van der Waals surface area contributed by atoms with E-state index in [1.807, 2.05) is 0 Å². The second-order valence-corrected chi connectivity index (χ2v) is 4.23. The summed E-state index contributed by atoms with van der Waals surface area (Å²) in [6, 6.07) is 0. The van der Waals surface area contributed by atoms with Crippen molar-refractivity contribution >= 4 is 0 Å².